The van der Waals surface area contributed by atoms with Crippen LogP contribution in [0, 0.1) is 0 Å². The highest BCUT2D eigenvalue weighted by atomic mass is 32.1. The standard InChI is InChI=1S/C15H12O.CH4N2S/c16-15(14-9-5-2-6-10-14)12-11-13-7-3-1-4-8-13;2-1(3)4/h1-12H;(H4,2,3,4). The highest BCUT2D eigenvalue weighted by molar-refractivity contribution is 7.80. The van der Waals surface area contributed by atoms with Crippen molar-refractivity contribution in [1.82, 2.24) is 0 Å². The third-order valence-electron chi connectivity index (χ3n) is 2.29. The van der Waals surface area contributed by atoms with E-state index in [2.05, 4.69) is 23.7 Å². The number of nitrogens with two attached hydrogens (primary N) is 2. The van der Waals surface area contributed by atoms with Crippen molar-refractivity contribution >= 4 is 29.2 Å². The van der Waals surface area contributed by atoms with Crippen LogP contribution in [0.1, 0.15) is 15.9 Å². The van der Waals surface area contributed by atoms with E-state index in [0.29, 0.717) is 0 Å². The van der Waals surface area contributed by atoms with Crippen LogP contribution in [0.5, 0.6) is 0 Å². The van der Waals surface area contributed by atoms with E-state index in [9.17, 15) is 4.79 Å². The molecule has 0 unspecified atom stereocenters. The van der Waals surface area contributed by atoms with Gasteiger partial charge in [0.2, 0.25) is 0 Å². The Morgan fingerprint density at radius 1 is 0.900 bits per heavy atom. The van der Waals surface area contributed by atoms with E-state index in [1.165, 1.54) is 0 Å². The molecular weight excluding hydrogens is 268 g/mol. The molecule has 0 aliphatic rings. The molecule has 0 bridgehead atoms. The summed E-state index contributed by atoms with van der Waals surface area (Å²) in [6.07, 6.45) is 3.43. The van der Waals surface area contributed by atoms with Crippen LogP contribution in [0.15, 0.2) is 66.7 Å². The predicted molar refractivity (Wildman–Crippen MR) is 87.2 cm³/mol. The summed E-state index contributed by atoms with van der Waals surface area (Å²) >= 11 is 4.09. The highest BCUT2D eigenvalue weighted by Crippen LogP contribution is 2.05. The van der Waals surface area contributed by atoms with E-state index >= 15 is 0 Å². The Labute approximate surface area is 123 Å². The zero-order valence-corrected chi connectivity index (χ0v) is 11.7. The molecule has 0 aliphatic carbocycles. The Hall–Kier alpha value is -2.46. The fourth-order valence-electron chi connectivity index (χ4n) is 1.43. The molecule has 102 valence electrons. The molecule has 0 aliphatic heterocycles. The number of thiocarbonyl (C=S) groups is 1. The number of hydrogen-bond acceptors (Lipinski definition) is 2. The van der Waals surface area contributed by atoms with Crippen molar-refractivity contribution in [2.24, 2.45) is 11.5 Å². The van der Waals surface area contributed by atoms with E-state index in [-0.39, 0.29) is 10.9 Å². The van der Waals surface area contributed by atoms with Crippen LogP contribution in [0.2, 0.25) is 0 Å². The van der Waals surface area contributed by atoms with Gasteiger partial charge in [-0.1, -0.05) is 66.7 Å². The number of ketones is 1. The summed E-state index contributed by atoms with van der Waals surface area (Å²) in [5.74, 6) is 0.0319. The number of rotatable bonds is 3. The smallest absolute Gasteiger partial charge is 0.185 e. The van der Waals surface area contributed by atoms with Gasteiger partial charge in [0.25, 0.3) is 0 Å². The maximum absolute atomic E-state index is 11.7. The third-order valence-corrected chi connectivity index (χ3v) is 2.29. The molecule has 2 aromatic rings. The van der Waals surface area contributed by atoms with Gasteiger partial charge in [0.1, 0.15) is 0 Å². The minimum absolute atomic E-state index is 0.000000000000000222. The van der Waals surface area contributed by atoms with Gasteiger partial charge in [-0.05, 0) is 23.9 Å². The van der Waals surface area contributed by atoms with E-state index in [4.69, 9.17) is 0 Å². The summed E-state index contributed by atoms with van der Waals surface area (Å²) in [5, 5.41) is 0.000000000000000222. The molecule has 3 nitrogen and oxygen atoms in total. The number of benzene rings is 2. The van der Waals surface area contributed by atoms with Crippen molar-refractivity contribution in [3.8, 4) is 0 Å². The first kappa shape index (κ1) is 15.6. The van der Waals surface area contributed by atoms with Crippen LogP contribution < -0.4 is 11.5 Å². The zero-order valence-electron chi connectivity index (χ0n) is 10.9. The number of allylic oxidation sites excluding steroid dienone is 1. The highest BCUT2D eigenvalue weighted by Gasteiger charge is 1.98. The second-order valence-corrected chi connectivity index (χ2v) is 4.35. The monoisotopic (exact) mass is 284 g/mol. The second-order valence-electron chi connectivity index (χ2n) is 3.88. The Kier molecular flexibility index (Phi) is 6.71. The molecule has 0 radical (unpaired) electrons. The Morgan fingerprint density at radius 3 is 1.85 bits per heavy atom. The van der Waals surface area contributed by atoms with Gasteiger partial charge < -0.3 is 11.5 Å². The Bertz CT molecular complexity index is 576. The van der Waals surface area contributed by atoms with Crippen molar-refractivity contribution < 1.29 is 4.79 Å². The summed E-state index contributed by atoms with van der Waals surface area (Å²) < 4.78 is 0. The quantitative estimate of drug-likeness (QED) is 0.516. The predicted octanol–water partition coefficient (Wildman–Crippen LogP) is 2.77. The molecule has 0 saturated heterocycles. The van der Waals surface area contributed by atoms with Gasteiger partial charge in [-0.25, -0.2) is 0 Å². The van der Waals surface area contributed by atoms with Gasteiger partial charge in [0, 0.05) is 5.56 Å². The average Bonchev–Trinajstić information content (AvgIpc) is 2.46. The van der Waals surface area contributed by atoms with E-state index in [1.807, 2.05) is 66.7 Å². The van der Waals surface area contributed by atoms with E-state index in [0.717, 1.165) is 11.1 Å². The summed E-state index contributed by atoms with van der Waals surface area (Å²) in [4.78, 5) is 11.7. The first-order chi connectivity index (χ1) is 9.59. The maximum atomic E-state index is 11.7. The summed E-state index contributed by atoms with van der Waals surface area (Å²) in [5.41, 5.74) is 11.0. The molecule has 4 heteroatoms. The maximum Gasteiger partial charge on any atom is 0.185 e. The van der Waals surface area contributed by atoms with Crippen molar-refractivity contribution in [3.05, 3.63) is 77.9 Å². The lowest BCUT2D eigenvalue weighted by Gasteiger charge is -1.94. The van der Waals surface area contributed by atoms with Crippen molar-refractivity contribution in [1.29, 1.82) is 0 Å². The average molecular weight is 284 g/mol. The number of carbonyl (C=O) groups is 1. The van der Waals surface area contributed by atoms with Crippen LogP contribution in [-0.4, -0.2) is 10.9 Å². The first-order valence-corrected chi connectivity index (χ1v) is 6.38. The van der Waals surface area contributed by atoms with Crippen LogP contribution in [0.4, 0.5) is 0 Å². The molecule has 2 rings (SSSR count). The second kappa shape index (κ2) is 8.61. The lowest BCUT2D eigenvalue weighted by molar-refractivity contribution is 0.104. The van der Waals surface area contributed by atoms with Crippen molar-refractivity contribution in [2.75, 3.05) is 0 Å². The number of carbonyl (C=O) groups excluding carboxylic acids is 1. The normalized spacial score (nSPS) is 9.60. The zero-order chi connectivity index (χ0) is 14.8. The topological polar surface area (TPSA) is 69.1 Å². The summed E-state index contributed by atoms with van der Waals surface area (Å²) in [7, 11) is 0. The molecule has 0 heterocycles. The molecule has 0 spiro atoms. The minimum Gasteiger partial charge on any atom is -0.377 e. The molecule has 0 saturated carbocycles. The number of hydrogen-bond donors (Lipinski definition) is 2. The van der Waals surface area contributed by atoms with E-state index in [1.54, 1.807) is 6.08 Å². The Morgan fingerprint density at radius 2 is 1.35 bits per heavy atom. The molecule has 2 aromatic carbocycles. The molecule has 0 atom stereocenters. The van der Waals surface area contributed by atoms with Crippen LogP contribution in [-0.2, 0) is 0 Å². The lowest BCUT2D eigenvalue weighted by atomic mass is 10.1. The van der Waals surface area contributed by atoms with Gasteiger partial charge in [0.15, 0.2) is 10.9 Å². The third kappa shape index (κ3) is 6.47. The van der Waals surface area contributed by atoms with Crippen LogP contribution in [0.25, 0.3) is 6.08 Å². The minimum atomic E-state index is 0.000000000000000222. The fraction of sp³-hybridized carbons (Fsp3) is 0. The molecule has 0 amide bonds. The molecule has 4 N–H and O–H groups in total. The van der Waals surface area contributed by atoms with Gasteiger partial charge in [-0.2, -0.15) is 0 Å². The van der Waals surface area contributed by atoms with Gasteiger partial charge >= 0.3 is 0 Å². The van der Waals surface area contributed by atoms with Crippen LogP contribution >= 0.6 is 12.2 Å². The van der Waals surface area contributed by atoms with Crippen molar-refractivity contribution in [2.45, 2.75) is 0 Å². The van der Waals surface area contributed by atoms with Gasteiger partial charge in [-0.15, -0.1) is 0 Å². The largest absolute Gasteiger partial charge is 0.377 e. The fourth-order valence-corrected chi connectivity index (χ4v) is 1.43. The lowest BCUT2D eigenvalue weighted by Crippen LogP contribution is -2.18. The molecule has 0 aromatic heterocycles. The molecular formula is C16H16N2OS. The van der Waals surface area contributed by atoms with Crippen molar-refractivity contribution in [3.63, 3.8) is 0 Å². The summed E-state index contributed by atoms with van der Waals surface area (Å²) in [6.45, 7) is 0. The first-order valence-electron chi connectivity index (χ1n) is 5.97. The van der Waals surface area contributed by atoms with Gasteiger partial charge in [-0.3, -0.25) is 4.79 Å². The molecule has 0 fully saturated rings. The molecule has 20 heavy (non-hydrogen) atoms. The van der Waals surface area contributed by atoms with Crippen LogP contribution in [0.3, 0.4) is 0 Å². The SMILES string of the molecule is NC(N)=S.O=C(C=Cc1ccccc1)c1ccccc1. The summed E-state index contributed by atoms with van der Waals surface area (Å²) in [6, 6.07) is 19.1. The van der Waals surface area contributed by atoms with Gasteiger partial charge in [0.05, 0.1) is 0 Å². The Balaban J connectivity index is 0.000000444. The van der Waals surface area contributed by atoms with E-state index < -0.39 is 0 Å².